The summed E-state index contributed by atoms with van der Waals surface area (Å²) in [7, 11) is 0. The number of ether oxygens (including phenoxy) is 1. The van der Waals surface area contributed by atoms with Crippen molar-refractivity contribution in [2.24, 2.45) is 0 Å². The fraction of sp³-hybridized carbons (Fsp3) is 0.536. The molecule has 0 spiro atoms. The Hall–Kier alpha value is -3.40. The summed E-state index contributed by atoms with van der Waals surface area (Å²) in [5.74, 6) is 0.573. The van der Waals surface area contributed by atoms with E-state index >= 15 is 0 Å². The number of hydrogen-bond donors (Lipinski definition) is 2. The molecule has 39 heavy (non-hydrogen) atoms. The Balaban J connectivity index is 1.37. The highest BCUT2D eigenvalue weighted by Crippen LogP contribution is 2.43. The Morgan fingerprint density at radius 2 is 1.79 bits per heavy atom. The number of nitrogens with zero attached hydrogens (tertiary/aromatic N) is 4. The van der Waals surface area contributed by atoms with Gasteiger partial charge in [-0.15, -0.1) is 0 Å². The highest BCUT2D eigenvalue weighted by Gasteiger charge is 2.48. The van der Waals surface area contributed by atoms with Gasteiger partial charge < -0.3 is 25.2 Å². The first kappa shape index (κ1) is 27.2. The number of anilines is 2. The normalized spacial score (nSPS) is 22.3. The van der Waals surface area contributed by atoms with Crippen LogP contribution in [-0.4, -0.2) is 70.1 Å². The van der Waals surface area contributed by atoms with Gasteiger partial charge in [0.25, 0.3) is 0 Å². The third-order valence-corrected chi connectivity index (χ3v) is 7.96. The molecule has 4 heterocycles. The van der Waals surface area contributed by atoms with E-state index < -0.39 is 23.0 Å². The van der Waals surface area contributed by atoms with E-state index in [0.717, 1.165) is 29.8 Å². The third-order valence-electron chi connectivity index (χ3n) is 7.71. The van der Waals surface area contributed by atoms with Gasteiger partial charge in [0.05, 0.1) is 16.9 Å². The molecule has 208 valence electrons. The number of nitrogens with one attached hydrogen (secondary N) is 2. The lowest BCUT2D eigenvalue weighted by Gasteiger charge is -2.43. The van der Waals surface area contributed by atoms with Gasteiger partial charge in [0.1, 0.15) is 23.6 Å². The number of benzene rings is 1. The van der Waals surface area contributed by atoms with Gasteiger partial charge in [0.2, 0.25) is 11.8 Å². The number of hydrogen-bond acceptors (Lipinski definition) is 7. The summed E-state index contributed by atoms with van der Waals surface area (Å²) in [5, 5.41) is 6.24. The molecule has 2 saturated heterocycles. The van der Waals surface area contributed by atoms with Gasteiger partial charge in [0, 0.05) is 36.7 Å². The zero-order valence-electron chi connectivity index (χ0n) is 23.0. The van der Waals surface area contributed by atoms with Crippen molar-refractivity contribution in [1.29, 1.82) is 0 Å². The molecular formula is C28H35ClN6O4. The van der Waals surface area contributed by atoms with E-state index in [2.05, 4.69) is 25.5 Å². The van der Waals surface area contributed by atoms with Crippen molar-refractivity contribution in [3.05, 3.63) is 46.7 Å². The van der Waals surface area contributed by atoms with Crippen molar-refractivity contribution in [3.63, 3.8) is 0 Å². The summed E-state index contributed by atoms with van der Waals surface area (Å²) in [4.78, 5) is 52.2. The Labute approximate surface area is 233 Å². The number of piperazine rings is 1. The van der Waals surface area contributed by atoms with Crippen LogP contribution < -0.4 is 15.5 Å². The Kier molecular flexibility index (Phi) is 6.95. The summed E-state index contributed by atoms with van der Waals surface area (Å²) in [6.07, 6.45) is 2.65. The zero-order valence-corrected chi connectivity index (χ0v) is 23.7. The fourth-order valence-electron chi connectivity index (χ4n) is 5.82. The van der Waals surface area contributed by atoms with Gasteiger partial charge in [-0.3, -0.25) is 9.59 Å². The monoisotopic (exact) mass is 554 g/mol. The molecule has 3 amide bonds. The third kappa shape index (κ3) is 5.26. The molecule has 0 unspecified atom stereocenters. The average Bonchev–Trinajstić information content (AvgIpc) is 3.26. The Bertz CT molecular complexity index is 1280. The number of carbonyl (C=O) groups excluding carboxylic acids is 3. The van der Waals surface area contributed by atoms with Crippen molar-refractivity contribution in [3.8, 4) is 0 Å². The molecule has 1 aromatic heterocycles. The predicted molar refractivity (Wildman–Crippen MR) is 148 cm³/mol. The minimum atomic E-state index is -0.745. The van der Waals surface area contributed by atoms with Gasteiger partial charge in [-0.05, 0) is 65.2 Å². The molecule has 2 aromatic rings. The number of alkyl carbamates (subject to hydrolysis) is 1. The van der Waals surface area contributed by atoms with Gasteiger partial charge in [-0.1, -0.05) is 23.7 Å². The number of amides is 3. The molecule has 0 saturated carbocycles. The van der Waals surface area contributed by atoms with Crippen LogP contribution in [0.25, 0.3) is 0 Å². The summed E-state index contributed by atoms with van der Waals surface area (Å²) >= 11 is 6.12. The SMILES string of the molecule is CC(C)(C)OC(=O)NC[C@@H](C(=O)N1[C@@H]2CC[C@H]1CN(c1ncnc3c1C(C)(C)C(=O)N3)C2)c1ccc(Cl)cc1. The van der Waals surface area contributed by atoms with Crippen LogP contribution in [0.5, 0.6) is 0 Å². The summed E-state index contributed by atoms with van der Waals surface area (Å²) in [6.45, 7) is 10.5. The highest BCUT2D eigenvalue weighted by molar-refractivity contribution is 6.30. The molecule has 10 nitrogen and oxygen atoms in total. The van der Waals surface area contributed by atoms with Crippen molar-refractivity contribution in [1.82, 2.24) is 20.2 Å². The maximum absolute atomic E-state index is 14.1. The van der Waals surface area contributed by atoms with Crippen LogP contribution in [0.1, 0.15) is 64.5 Å². The second-order valence-electron chi connectivity index (χ2n) is 12.0. The van der Waals surface area contributed by atoms with E-state index in [9.17, 15) is 14.4 Å². The lowest BCUT2D eigenvalue weighted by Crippen LogP contribution is -2.58. The highest BCUT2D eigenvalue weighted by atomic mass is 35.5. The van der Waals surface area contributed by atoms with Gasteiger partial charge in [-0.2, -0.15) is 0 Å². The number of fused-ring (bicyclic) bond motifs is 3. The van der Waals surface area contributed by atoms with Crippen LogP contribution in [-0.2, 0) is 19.7 Å². The number of rotatable bonds is 5. The smallest absolute Gasteiger partial charge is 0.407 e. The molecule has 3 aliphatic rings. The average molecular weight is 555 g/mol. The van der Waals surface area contributed by atoms with Gasteiger partial charge >= 0.3 is 6.09 Å². The molecule has 3 atom stereocenters. The van der Waals surface area contributed by atoms with E-state index in [4.69, 9.17) is 16.3 Å². The standard InChI is InChI=1S/C28H35ClN6O4/c1-27(2,3)39-26(38)30-12-20(16-6-8-17(29)9-7-16)24(36)35-18-10-11-19(35)14-34(13-18)23-21-22(31-15-32-23)33-25(37)28(21,4)5/h6-9,15,18-20H,10-14H2,1-5H3,(H,30,38)(H,31,32,33,37)/t18-,19+,20-/m1/s1. The van der Waals surface area contributed by atoms with Gasteiger partial charge in [-0.25, -0.2) is 14.8 Å². The Morgan fingerprint density at radius 3 is 2.41 bits per heavy atom. The molecule has 0 aliphatic carbocycles. The summed E-state index contributed by atoms with van der Waals surface area (Å²) in [6, 6.07) is 7.12. The molecular weight excluding hydrogens is 520 g/mol. The van der Waals surface area contributed by atoms with E-state index in [0.29, 0.717) is 23.9 Å². The van der Waals surface area contributed by atoms with Crippen molar-refractivity contribution in [2.75, 3.05) is 29.9 Å². The first-order chi connectivity index (χ1) is 18.3. The lowest BCUT2D eigenvalue weighted by molar-refractivity contribution is -0.136. The first-order valence-electron chi connectivity index (χ1n) is 13.3. The van der Waals surface area contributed by atoms with Crippen LogP contribution in [0.15, 0.2) is 30.6 Å². The van der Waals surface area contributed by atoms with Crippen molar-refractivity contribution < 1.29 is 19.1 Å². The van der Waals surface area contributed by atoms with Gasteiger partial charge in [0.15, 0.2) is 0 Å². The topological polar surface area (TPSA) is 117 Å². The maximum atomic E-state index is 14.1. The van der Waals surface area contributed by atoms with Crippen LogP contribution in [0.4, 0.5) is 16.4 Å². The molecule has 11 heteroatoms. The number of aromatic nitrogens is 2. The fourth-order valence-corrected chi connectivity index (χ4v) is 5.95. The van der Waals surface area contributed by atoms with E-state index in [1.807, 2.05) is 30.9 Å². The predicted octanol–water partition coefficient (Wildman–Crippen LogP) is 3.85. The van der Waals surface area contributed by atoms with E-state index in [1.165, 1.54) is 6.33 Å². The zero-order chi connectivity index (χ0) is 28.1. The molecule has 2 fully saturated rings. The van der Waals surface area contributed by atoms with E-state index in [1.54, 1.807) is 32.9 Å². The first-order valence-corrected chi connectivity index (χ1v) is 13.7. The van der Waals surface area contributed by atoms with Crippen molar-refractivity contribution in [2.45, 2.75) is 76.5 Å². The summed E-state index contributed by atoms with van der Waals surface area (Å²) in [5.41, 5.74) is 0.192. The summed E-state index contributed by atoms with van der Waals surface area (Å²) < 4.78 is 5.40. The van der Waals surface area contributed by atoms with Crippen molar-refractivity contribution >= 4 is 41.1 Å². The van der Waals surface area contributed by atoms with E-state index in [-0.39, 0.29) is 30.4 Å². The molecule has 5 rings (SSSR count). The largest absolute Gasteiger partial charge is 0.444 e. The Morgan fingerprint density at radius 1 is 1.15 bits per heavy atom. The molecule has 3 aliphatic heterocycles. The minimum absolute atomic E-state index is 0.0219. The molecule has 2 N–H and O–H groups in total. The quantitative estimate of drug-likeness (QED) is 0.576. The molecule has 0 radical (unpaired) electrons. The second kappa shape index (κ2) is 9.97. The lowest BCUT2D eigenvalue weighted by atomic mass is 9.86. The molecule has 1 aromatic carbocycles. The van der Waals surface area contributed by atoms with Crippen LogP contribution in [0, 0.1) is 0 Å². The minimum Gasteiger partial charge on any atom is -0.444 e. The second-order valence-corrected chi connectivity index (χ2v) is 12.5. The van der Waals surface area contributed by atoms with Crippen LogP contribution >= 0.6 is 11.6 Å². The van der Waals surface area contributed by atoms with Crippen LogP contribution in [0.2, 0.25) is 5.02 Å². The molecule has 2 bridgehead atoms. The number of halogens is 1. The maximum Gasteiger partial charge on any atom is 0.407 e. The van der Waals surface area contributed by atoms with Crippen LogP contribution in [0.3, 0.4) is 0 Å². The number of carbonyl (C=O) groups is 3.